The highest BCUT2D eigenvalue weighted by molar-refractivity contribution is 4.82. The zero-order chi connectivity index (χ0) is 10.4. The largest absolute Gasteiger partial charge is 0.385 e. The number of ether oxygens (including phenoxy) is 1. The van der Waals surface area contributed by atoms with E-state index in [1.807, 2.05) is 0 Å². The van der Waals surface area contributed by atoms with Gasteiger partial charge in [-0.2, -0.15) is 0 Å². The van der Waals surface area contributed by atoms with Crippen molar-refractivity contribution < 1.29 is 4.74 Å². The van der Waals surface area contributed by atoms with E-state index in [1.165, 1.54) is 12.8 Å². The first-order chi connectivity index (χ1) is 6.74. The van der Waals surface area contributed by atoms with Gasteiger partial charge in [0, 0.05) is 38.9 Å². The number of rotatable bonds is 8. The number of nitrogens with one attached hydrogen (secondary N) is 1. The molecule has 1 unspecified atom stereocenters. The predicted molar refractivity (Wildman–Crippen MR) is 59.6 cm³/mol. The maximum Gasteiger partial charge on any atom is 0.0474 e. The fraction of sp³-hybridized carbons (Fsp3) is 1.00. The molecule has 0 aliphatic heterocycles. The minimum absolute atomic E-state index is 0.632. The zero-order valence-electron chi connectivity index (χ0n) is 9.75. The molecule has 84 valence electrons. The summed E-state index contributed by atoms with van der Waals surface area (Å²) >= 11 is 0. The van der Waals surface area contributed by atoms with Gasteiger partial charge in [0.15, 0.2) is 0 Å². The van der Waals surface area contributed by atoms with Crippen molar-refractivity contribution in [1.29, 1.82) is 0 Å². The van der Waals surface area contributed by atoms with Crippen LogP contribution in [-0.4, -0.2) is 50.8 Å². The van der Waals surface area contributed by atoms with Crippen LogP contribution in [0, 0.1) is 0 Å². The van der Waals surface area contributed by atoms with Crippen molar-refractivity contribution in [3.63, 3.8) is 0 Å². The van der Waals surface area contributed by atoms with Crippen molar-refractivity contribution in [2.45, 2.75) is 38.3 Å². The van der Waals surface area contributed by atoms with Gasteiger partial charge in [0.05, 0.1) is 0 Å². The molecular formula is C11H24N2O. The van der Waals surface area contributed by atoms with Crippen LogP contribution in [-0.2, 0) is 4.74 Å². The average Bonchev–Trinajstić information content (AvgIpc) is 2.98. The quantitative estimate of drug-likeness (QED) is 0.594. The summed E-state index contributed by atoms with van der Waals surface area (Å²) in [6, 6.07) is 1.46. The maximum atomic E-state index is 5.04. The van der Waals surface area contributed by atoms with Crippen LogP contribution in [0.25, 0.3) is 0 Å². The van der Waals surface area contributed by atoms with Gasteiger partial charge in [-0.15, -0.1) is 0 Å². The Morgan fingerprint density at radius 2 is 2.21 bits per heavy atom. The fourth-order valence-electron chi connectivity index (χ4n) is 1.46. The van der Waals surface area contributed by atoms with Gasteiger partial charge in [-0.1, -0.05) is 0 Å². The Kier molecular flexibility index (Phi) is 5.45. The van der Waals surface area contributed by atoms with E-state index < -0.39 is 0 Å². The molecule has 0 spiro atoms. The first-order valence-electron chi connectivity index (χ1n) is 5.66. The molecule has 1 atom stereocenters. The number of hydrogen-bond acceptors (Lipinski definition) is 3. The molecule has 1 aliphatic rings. The van der Waals surface area contributed by atoms with Gasteiger partial charge in [-0.05, 0) is 33.2 Å². The van der Waals surface area contributed by atoms with Crippen molar-refractivity contribution in [3.05, 3.63) is 0 Å². The van der Waals surface area contributed by atoms with Crippen LogP contribution in [0.15, 0.2) is 0 Å². The van der Waals surface area contributed by atoms with Crippen LogP contribution < -0.4 is 5.32 Å². The summed E-state index contributed by atoms with van der Waals surface area (Å²) < 4.78 is 5.04. The number of methoxy groups -OCH3 is 1. The van der Waals surface area contributed by atoms with E-state index in [1.54, 1.807) is 7.11 Å². The molecule has 1 fully saturated rings. The second kappa shape index (κ2) is 6.38. The Hall–Kier alpha value is -0.120. The fourth-order valence-corrected chi connectivity index (χ4v) is 1.46. The van der Waals surface area contributed by atoms with Crippen molar-refractivity contribution >= 4 is 0 Å². The van der Waals surface area contributed by atoms with E-state index in [0.29, 0.717) is 6.04 Å². The lowest BCUT2D eigenvalue weighted by Crippen LogP contribution is -2.39. The summed E-state index contributed by atoms with van der Waals surface area (Å²) in [7, 11) is 3.95. The van der Waals surface area contributed by atoms with Crippen LogP contribution in [0.2, 0.25) is 0 Å². The maximum absolute atomic E-state index is 5.04. The Morgan fingerprint density at radius 1 is 1.50 bits per heavy atom. The summed E-state index contributed by atoms with van der Waals surface area (Å²) in [5.74, 6) is 0. The molecule has 0 saturated heterocycles. The first kappa shape index (κ1) is 12.0. The average molecular weight is 200 g/mol. The molecule has 0 bridgehead atoms. The predicted octanol–water partition coefficient (Wildman–Crippen LogP) is 1.10. The van der Waals surface area contributed by atoms with Gasteiger partial charge in [0.2, 0.25) is 0 Å². The third-order valence-corrected chi connectivity index (χ3v) is 2.89. The monoisotopic (exact) mass is 200 g/mol. The van der Waals surface area contributed by atoms with Crippen LogP contribution in [0.1, 0.15) is 26.2 Å². The van der Waals surface area contributed by atoms with Crippen LogP contribution in [0.4, 0.5) is 0 Å². The van der Waals surface area contributed by atoms with E-state index in [4.69, 9.17) is 4.74 Å². The molecule has 14 heavy (non-hydrogen) atoms. The normalized spacial score (nSPS) is 18.9. The Balaban J connectivity index is 1.98. The number of likely N-dealkylation sites (N-methyl/N-ethyl adjacent to an activating group) is 1. The topological polar surface area (TPSA) is 24.5 Å². The highest BCUT2D eigenvalue weighted by Gasteiger charge is 2.21. The molecular weight excluding hydrogens is 176 g/mol. The highest BCUT2D eigenvalue weighted by atomic mass is 16.5. The van der Waals surface area contributed by atoms with E-state index in [2.05, 4.69) is 24.2 Å². The summed E-state index contributed by atoms with van der Waals surface area (Å²) in [6.07, 6.45) is 3.88. The standard InChI is InChI=1S/C11H24N2O/c1-10(9-12-11-5-6-11)13(2)7-4-8-14-3/h10-12H,4-9H2,1-3H3. The molecule has 3 nitrogen and oxygen atoms in total. The molecule has 1 saturated carbocycles. The molecule has 0 aromatic heterocycles. The zero-order valence-corrected chi connectivity index (χ0v) is 9.75. The molecule has 0 amide bonds. The number of hydrogen-bond donors (Lipinski definition) is 1. The third kappa shape index (κ3) is 4.94. The van der Waals surface area contributed by atoms with Gasteiger partial charge in [-0.25, -0.2) is 0 Å². The summed E-state index contributed by atoms with van der Waals surface area (Å²) in [5, 5.41) is 3.55. The SMILES string of the molecule is COCCCN(C)C(C)CNC1CC1. The van der Waals surface area contributed by atoms with Gasteiger partial charge < -0.3 is 15.0 Å². The van der Waals surface area contributed by atoms with Crippen molar-refractivity contribution in [1.82, 2.24) is 10.2 Å². The third-order valence-electron chi connectivity index (χ3n) is 2.89. The van der Waals surface area contributed by atoms with Crippen molar-refractivity contribution in [2.75, 3.05) is 33.9 Å². The van der Waals surface area contributed by atoms with E-state index in [9.17, 15) is 0 Å². The van der Waals surface area contributed by atoms with E-state index >= 15 is 0 Å². The Bertz CT molecular complexity index is 148. The van der Waals surface area contributed by atoms with Crippen LogP contribution in [0.5, 0.6) is 0 Å². The van der Waals surface area contributed by atoms with Gasteiger partial charge >= 0.3 is 0 Å². The molecule has 1 rings (SSSR count). The highest BCUT2D eigenvalue weighted by Crippen LogP contribution is 2.18. The summed E-state index contributed by atoms with van der Waals surface area (Å²) in [4.78, 5) is 2.40. The van der Waals surface area contributed by atoms with Crippen molar-refractivity contribution in [2.24, 2.45) is 0 Å². The minimum Gasteiger partial charge on any atom is -0.385 e. The summed E-state index contributed by atoms with van der Waals surface area (Å²) in [5.41, 5.74) is 0. The lowest BCUT2D eigenvalue weighted by atomic mass is 10.2. The molecule has 1 aliphatic carbocycles. The van der Waals surface area contributed by atoms with Crippen LogP contribution in [0.3, 0.4) is 0 Å². The van der Waals surface area contributed by atoms with Gasteiger partial charge in [0.25, 0.3) is 0 Å². The molecule has 1 N–H and O–H groups in total. The molecule has 0 radical (unpaired) electrons. The van der Waals surface area contributed by atoms with Gasteiger partial charge in [-0.3, -0.25) is 0 Å². The lowest BCUT2D eigenvalue weighted by molar-refractivity contribution is 0.167. The van der Waals surface area contributed by atoms with Crippen LogP contribution >= 0.6 is 0 Å². The Morgan fingerprint density at radius 3 is 2.79 bits per heavy atom. The molecule has 0 aromatic carbocycles. The first-order valence-corrected chi connectivity index (χ1v) is 5.66. The van der Waals surface area contributed by atoms with Gasteiger partial charge in [0.1, 0.15) is 0 Å². The van der Waals surface area contributed by atoms with E-state index in [-0.39, 0.29) is 0 Å². The number of nitrogens with zero attached hydrogens (tertiary/aromatic N) is 1. The lowest BCUT2D eigenvalue weighted by Gasteiger charge is -2.24. The second-order valence-corrected chi connectivity index (χ2v) is 4.36. The minimum atomic E-state index is 0.632. The second-order valence-electron chi connectivity index (χ2n) is 4.36. The summed E-state index contributed by atoms with van der Waals surface area (Å²) in [6.45, 7) is 5.39. The molecule has 0 aromatic rings. The molecule has 3 heteroatoms. The smallest absolute Gasteiger partial charge is 0.0474 e. The molecule has 0 heterocycles. The Labute approximate surface area is 87.8 Å². The van der Waals surface area contributed by atoms with Crippen molar-refractivity contribution in [3.8, 4) is 0 Å². The van der Waals surface area contributed by atoms with E-state index in [0.717, 1.165) is 32.2 Å².